The molecule has 5 rings (SSSR count). The number of benzene rings is 3. The molecular weight excluding hydrogens is 452 g/mol. The zero-order valence-corrected chi connectivity index (χ0v) is 20.7. The summed E-state index contributed by atoms with van der Waals surface area (Å²) in [4.78, 5) is 17.4. The number of carbonyl (C=O) groups is 1. The van der Waals surface area contributed by atoms with E-state index in [2.05, 4.69) is 27.2 Å². The lowest BCUT2D eigenvalue weighted by atomic mass is 10.1. The molecule has 1 amide bonds. The number of hydrogen-bond acceptors (Lipinski definition) is 6. The molecule has 4 aromatic rings. The van der Waals surface area contributed by atoms with Crippen molar-refractivity contribution in [1.29, 1.82) is 0 Å². The lowest BCUT2D eigenvalue weighted by molar-refractivity contribution is 0.0638. The van der Waals surface area contributed by atoms with Gasteiger partial charge in [0, 0.05) is 49.4 Å². The summed E-state index contributed by atoms with van der Waals surface area (Å²) in [5, 5.41) is 8.37. The number of aryl methyl sites for hydroxylation is 1. The van der Waals surface area contributed by atoms with Crippen LogP contribution in [0.5, 0.6) is 5.75 Å². The minimum atomic E-state index is 0.0577. The van der Waals surface area contributed by atoms with Crippen molar-refractivity contribution in [2.75, 3.05) is 39.8 Å². The summed E-state index contributed by atoms with van der Waals surface area (Å²) in [6, 6.07) is 23.6. The van der Waals surface area contributed by atoms with Crippen LogP contribution in [0, 0.1) is 6.92 Å². The molecule has 0 aliphatic carbocycles. The molecule has 1 aromatic heterocycles. The van der Waals surface area contributed by atoms with Gasteiger partial charge in [0.05, 0.1) is 7.11 Å². The Kier molecular flexibility index (Phi) is 7.09. The van der Waals surface area contributed by atoms with Gasteiger partial charge in [0.15, 0.2) is 0 Å². The van der Waals surface area contributed by atoms with Crippen molar-refractivity contribution >= 4 is 5.91 Å². The first-order chi connectivity index (χ1) is 17.6. The Balaban J connectivity index is 1.14. The number of piperazine rings is 1. The second kappa shape index (κ2) is 10.7. The van der Waals surface area contributed by atoms with E-state index in [1.807, 2.05) is 72.5 Å². The molecule has 2 heterocycles. The van der Waals surface area contributed by atoms with Crippen molar-refractivity contribution in [2.45, 2.75) is 13.3 Å². The Labute approximate surface area is 211 Å². The van der Waals surface area contributed by atoms with E-state index < -0.39 is 0 Å². The molecule has 0 spiro atoms. The second-order valence-corrected chi connectivity index (χ2v) is 9.09. The Morgan fingerprint density at radius 2 is 1.58 bits per heavy atom. The highest BCUT2D eigenvalue weighted by molar-refractivity contribution is 5.94. The van der Waals surface area contributed by atoms with Gasteiger partial charge in [-0.1, -0.05) is 29.8 Å². The van der Waals surface area contributed by atoms with E-state index in [4.69, 9.17) is 9.15 Å². The molecule has 0 radical (unpaired) electrons. The van der Waals surface area contributed by atoms with Crippen molar-refractivity contribution in [1.82, 2.24) is 20.0 Å². The highest BCUT2D eigenvalue weighted by Gasteiger charge is 2.22. The molecule has 0 N–H and O–H groups in total. The number of hydrogen-bond donors (Lipinski definition) is 0. The first-order valence-corrected chi connectivity index (χ1v) is 12.2. The molecule has 0 saturated carbocycles. The van der Waals surface area contributed by atoms with Crippen molar-refractivity contribution in [3.63, 3.8) is 0 Å². The third-order valence-corrected chi connectivity index (χ3v) is 6.60. The van der Waals surface area contributed by atoms with Crippen LogP contribution in [0.3, 0.4) is 0 Å². The van der Waals surface area contributed by atoms with Gasteiger partial charge in [0.1, 0.15) is 5.75 Å². The number of methoxy groups -OCH3 is 1. The first kappa shape index (κ1) is 23.8. The van der Waals surface area contributed by atoms with Crippen LogP contribution >= 0.6 is 0 Å². The van der Waals surface area contributed by atoms with Gasteiger partial charge in [-0.25, -0.2) is 0 Å². The number of nitrogens with zero attached hydrogens (tertiary/aromatic N) is 4. The maximum absolute atomic E-state index is 13.1. The third-order valence-electron chi connectivity index (χ3n) is 6.60. The smallest absolute Gasteiger partial charge is 0.253 e. The zero-order chi connectivity index (χ0) is 24.9. The molecule has 0 atom stereocenters. The van der Waals surface area contributed by atoms with Crippen molar-refractivity contribution < 1.29 is 13.9 Å². The topological polar surface area (TPSA) is 71.7 Å². The molecule has 7 nitrogen and oxygen atoms in total. The Morgan fingerprint density at radius 3 is 2.25 bits per heavy atom. The molecule has 36 heavy (non-hydrogen) atoms. The maximum Gasteiger partial charge on any atom is 0.253 e. The summed E-state index contributed by atoms with van der Waals surface area (Å²) in [6.45, 7) is 6.23. The maximum atomic E-state index is 13.1. The molecule has 1 fully saturated rings. The number of carbonyl (C=O) groups excluding carboxylic acids is 1. The van der Waals surface area contributed by atoms with E-state index in [-0.39, 0.29) is 5.91 Å². The van der Waals surface area contributed by atoms with Gasteiger partial charge in [-0.15, -0.1) is 10.2 Å². The molecule has 3 aromatic carbocycles. The standard InChI is InChI=1S/C29H30N4O3/c1-21-4-3-5-25(20-21)28-31-30-27(36-28)23-8-10-24(11-9-23)29(34)33-18-16-32(17-19-33)15-14-22-6-12-26(35-2)13-7-22/h3-13,20H,14-19H2,1-2H3. The monoisotopic (exact) mass is 482 g/mol. The van der Waals surface area contributed by atoms with Crippen LogP contribution in [0.4, 0.5) is 0 Å². The van der Waals surface area contributed by atoms with Crippen LogP contribution in [-0.2, 0) is 6.42 Å². The molecule has 1 saturated heterocycles. The summed E-state index contributed by atoms with van der Waals surface area (Å²) in [5.74, 6) is 1.86. The molecular formula is C29H30N4O3. The molecule has 184 valence electrons. The molecule has 0 unspecified atom stereocenters. The SMILES string of the molecule is COc1ccc(CCN2CCN(C(=O)c3ccc(-c4nnc(-c5cccc(C)c5)o4)cc3)CC2)cc1. The number of amides is 1. The predicted molar refractivity (Wildman–Crippen MR) is 139 cm³/mol. The van der Waals surface area contributed by atoms with Gasteiger partial charge in [0.2, 0.25) is 11.8 Å². The quantitative estimate of drug-likeness (QED) is 0.380. The van der Waals surface area contributed by atoms with Gasteiger partial charge < -0.3 is 14.1 Å². The van der Waals surface area contributed by atoms with Crippen molar-refractivity contribution in [3.05, 3.63) is 89.5 Å². The number of rotatable bonds is 7. The summed E-state index contributed by atoms with van der Waals surface area (Å²) in [7, 11) is 1.68. The lowest BCUT2D eigenvalue weighted by Gasteiger charge is -2.34. The molecule has 1 aliphatic rings. The molecule has 7 heteroatoms. The lowest BCUT2D eigenvalue weighted by Crippen LogP contribution is -2.49. The fourth-order valence-corrected chi connectivity index (χ4v) is 4.43. The highest BCUT2D eigenvalue weighted by atomic mass is 16.5. The van der Waals surface area contributed by atoms with Gasteiger partial charge in [-0.3, -0.25) is 9.69 Å². The average molecular weight is 483 g/mol. The normalized spacial score (nSPS) is 14.1. The van der Waals surface area contributed by atoms with Crippen LogP contribution < -0.4 is 4.74 Å². The summed E-state index contributed by atoms with van der Waals surface area (Å²) >= 11 is 0. The van der Waals surface area contributed by atoms with E-state index in [0.717, 1.165) is 61.6 Å². The van der Waals surface area contributed by atoms with E-state index >= 15 is 0 Å². The Bertz CT molecular complexity index is 1310. The number of aromatic nitrogens is 2. The highest BCUT2D eigenvalue weighted by Crippen LogP contribution is 2.25. The van der Waals surface area contributed by atoms with Gasteiger partial charge in [-0.05, 0) is 67.4 Å². The Morgan fingerprint density at radius 1 is 0.889 bits per heavy atom. The minimum Gasteiger partial charge on any atom is -0.497 e. The van der Waals surface area contributed by atoms with Crippen molar-refractivity contribution in [3.8, 4) is 28.7 Å². The van der Waals surface area contributed by atoms with E-state index in [0.29, 0.717) is 17.3 Å². The summed E-state index contributed by atoms with van der Waals surface area (Å²) < 4.78 is 11.1. The average Bonchev–Trinajstić information content (AvgIpc) is 3.43. The second-order valence-electron chi connectivity index (χ2n) is 9.09. The van der Waals surface area contributed by atoms with Crippen LogP contribution in [0.1, 0.15) is 21.5 Å². The van der Waals surface area contributed by atoms with Crippen LogP contribution in [0.25, 0.3) is 22.9 Å². The molecule has 1 aliphatic heterocycles. The van der Waals surface area contributed by atoms with Crippen LogP contribution in [0.15, 0.2) is 77.2 Å². The van der Waals surface area contributed by atoms with Gasteiger partial charge >= 0.3 is 0 Å². The van der Waals surface area contributed by atoms with Gasteiger partial charge in [-0.2, -0.15) is 0 Å². The fraction of sp³-hybridized carbons (Fsp3) is 0.276. The molecule has 0 bridgehead atoms. The predicted octanol–water partition coefficient (Wildman–Crippen LogP) is 4.72. The van der Waals surface area contributed by atoms with Crippen LogP contribution in [-0.4, -0.2) is 65.7 Å². The summed E-state index contributed by atoms with van der Waals surface area (Å²) in [5.41, 5.74) is 4.78. The first-order valence-electron chi connectivity index (χ1n) is 12.2. The van der Waals surface area contributed by atoms with Gasteiger partial charge in [0.25, 0.3) is 5.91 Å². The minimum absolute atomic E-state index is 0.0577. The number of ether oxygens (including phenoxy) is 1. The van der Waals surface area contributed by atoms with E-state index in [1.165, 1.54) is 5.56 Å². The van der Waals surface area contributed by atoms with E-state index in [1.54, 1.807) is 7.11 Å². The van der Waals surface area contributed by atoms with E-state index in [9.17, 15) is 4.79 Å². The Hall–Kier alpha value is -3.97. The fourth-order valence-electron chi connectivity index (χ4n) is 4.43. The van der Waals surface area contributed by atoms with Crippen LogP contribution in [0.2, 0.25) is 0 Å². The zero-order valence-electron chi connectivity index (χ0n) is 20.7. The van der Waals surface area contributed by atoms with Crippen molar-refractivity contribution in [2.24, 2.45) is 0 Å². The third kappa shape index (κ3) is 5.47. The summed E-state index contributed by atoms with van der Waals surface area (Å²) in [6.07, 6.45) is 0.987. The largest absolute Gasteiger partial charge is 0.497 e.